The molecule has 0 aromatic carbocycles. The number of thiophene rings is 1. The molecule has 4 nitrogen and oxygen atoms in total. The smallest absolute Gasteiger partial charge is 0.268 e. The van der Waals surface area contributed by atoms with Crippen molar-refractivity contribution in [3.05, 3.63) is 35.6 Å². The molecule has 0 aliphatic heterocycles. The van der Waals surface area contributed by atoms with Crippen molar-refractivity contribution in [3.63, 3.8) is 0 Å². The number of primary amides is 1. The fourth-order valence-electron chi connectivity index (χ4n) is 1.01. The van der Waals surface area contributed by atoms with Gasteiger partial charge in [-0.25, -0.2) is 4.98 Å². The van der Waals surface area contributed by atoms with E-state index < -0.39 is 5.91 Å². The fourth-order valence-corrected chi connectivity index (χ4v) is 1.69. The number of hydrogen-bond donors (Lipinski definition) is 1. The molecule has 1 amide bonds. The third-order valence-corrected chi connectivity index (χ3v) is 2.57. The van der Waals surface area contributed by atoms with Gasteiger partial charge in [-0.15, -0.1) is 11.3 Å². The zero-order chi connectivity index (χ0) is 9.97. The van der Waals surface area contributed by atoms with Crippen LogP contribution in [0.15, 0.2) is 29.9 Å². The fraction of sp³-hybridized carbons (Fsp3) is 0. The summed E-state index contributed by atoms with van der Waals surface area (Å²) in [6, 6.07) is 3.88. The quantitative estimate of drug-likeness (QED) is 0.803. The molecule has 0 aliphatic carbocycles. The number of nitrogens with zero attached hydrogens (tertiary/aromatic N) is 2. The van der Waals surface area contributed by atoms with Crippen LogP contribution in [0.1, 0.15) is 10.5 Å². The minimum atomic E-state index is -0.560. The SMILES string of the molecule is NC(=O)c1cnc(-c2cccs2)cn1. The molecule has 0 unspecified atom stereocenters. The van der Waals surface area contributed by atoms with Crippen molar-refractivity contribution < 1.29 is 4.79 Å². The van der Waals surface area contributed by atoms with Crippen LogP contribution in [0.3, 0.4) is 0 Å². The summed E-state index contributed by atoms with van der Waals surface area (Å²) in [5, 5.41) is 1.96. The van der Waals surface area contributed by atoms with Crippen molar-refractivity contribution in [1.82, 2.24) is 9.97 Å². The first-order valence-electron chi connectivity index (χ1n) is 3.93. The number of carbonyl (C=O) groups is 1. The Bertz CT molecular complexity index is 436. The standard InChI is InChI=1S/C9H7N3OS/c10-9(13)7-5-11-6(4-12-7)8-2-1-3-14-8/h1-5H,(H2,10,13). The van der Waals surface area contributed by atoms with E-state index in [1.54, 1.807) is 17.5 Å². The summed E-state index contributed by atoms with van der Waals surface area (Å²) in [6.45, 7) is 0. The first-order chi connectivity index (χ1) is 6.77. The van der Waals surface area contributed by atoms with E-state index in [2.05, 4.69) is 9.97 Å². The van der Waals surface area contributed by atoms with E-state index in [0.29, 0.717) is 0 Å². The van der Waals surface area contributed by atoms with Crippen LogP contribution in [-0.2, 0) is 0 Å². The van der Waals surface area contributed by atoms with Gasteiger partial charge in [-0.2, -0.15) is 0 Å². The third-order valence-electron chi connectivity index (χ3n) is 1.68. The predicted octanol–water partition coefficient (Wildman–Crippen LogP) is 1.30. The molecule has 0 radical (unpaired) electrons. The van der Waals surface area contributed by atoms with Crippen LogP contribution in [-0.4, -0.2) is 15.9 Å². The second-order valence-electron chi connectivity index (χ2n) is 2.63. The molecular formula is C9H7N3OS. The first kappa shape index (κ1) is 8.83. The van der Waals surface area contributed by atoms with Gasteiger partial charge in [0.15, 0.2) is 0 Å². The zero-order valence-electron chi connectivity index (χ0n) is 7.18. The Balaban J connectivity index is 2.36. The molecule has 0 spiro atoms. The Morgan fingerprint density at radius 1 is 1.36 bits per heavy atom. The number of nitrogens with two attached hydrogens (primary N) is 1. The molecule has 0 atom stereocenters. The Hall–Kier alpha value is -1.75. The van der Waals surface area contributed by atoms with Crippen molar-refractivity contribution in [1.29, 1.82) is 0 Å². The summed E-state index contributed by atoms with van der Waals surface area (Å²) in [5.74, 6) is -0.560. The molecule has 14 heavy (non-hydrogen) atoms. The highest BCUT2D eigenvalue weighted by Crippen LogP contribution is 2.21. The van der Waals surface area contributed by atoms with Gasteiger partial charge in [-0.3, -0.25) is 9.78 Å². The van der Waals surface area contributed by atoms with Gasteiger partial charge in [0.2, 0.25) is 0 Å². The lowest BCUT2D eigenvalue weighted by atomic mass is 10.3. The van der Waals surface area contributed by atoms with Gasteiger partial charge < -0.3 is 5.73 Å². The lowest BCUT2D eigenvalue weighted by Gasteiger charge is -1.96. The van der Waals surface area contributed by atoms with Crippen molar-refractivity contribution in [2.75, 3.05) is 0 Å². The minimum Gasteiger partial charge on any atom is -0.364 e. The Morgan fingerprint density at radius 3 is 2.71 bits per heavy atom. The lowest BCUT2D eigenvalue weighted by molar-refractivity contribution is 0.0995. The van der Waals surface area contributed by atoms with Gasteiger partial charge in [0.1, 0.15) is 5.69 Å². The highest BCUT2D eigenvalue weighted by molar-refractivity contribution is 7.13. The summed E-state index contributed by atoms with van der Waals surface area (Å²) in [6.07, 6.45) is 2.93. The molecule has 5 heteroatoms. The van der Waals surface area contributed by atoms with E-state index in [1.807, 2.05) is 17.5 Å². The maximum atomic E-state index is 10.7. The van der Waals surface area contributed by atoms with Gasteiger partial charge in [-0.1, -0.05) is 6.07 Å². The Kier molecular flexibility index (Phi) is 2.24. The molecule has 0 aliphatic rings. The lowest BCUT2D eigenvalue weighted by Crippen LogP contribution is -2.13. The molecule has 2 rings (SSSR count). The Morgan fingerprint density at radius 2 is 2.21 bits per heavy atom. The van der Waals surface area contributed by atoms with Crippen molar-refractivity contribution in [2.24, 2.45) is 5.73 Å². The van der Waals surface area contributed by atoms with Gasteiger partial charge in [0.25, 0.3) is 5.91 Å². The van der Waals surface area contributed by atoms with Crippen LogP contribution in [0.25, 0.3) is 10.6 Å². The highest BCUT2D eigenvalue weighted by atomic mass is 32.1. The molecule has 2 aromatic rings. The van der Waals surface area contributed by atoms with Gasteiger partial charge in [0, 0.05) is 0 Å². The van der Waals surface area contributed by atoms with Gasteiger partial charge in [-0.05, 0) is 11.4 Å². The molecule has 0 fully saturated rings. The maximum Gasteiger partial charge on any atom is 0.268 e. The summed E-state index contributed by atoms with van der Waals surface area (Å²) < 4.78 is 0. The van der Waals surface area contributed by atoms with Crippen molar-refractivity contribution in [3.8, 4) is 10.6 Å². The van der Waals surface area contributed by atoms with Crippen molar-refractivity contribution in [2.45, 2.75) is 0 Å². The van der Waals surface area contributed by atoms with Crippen LogP contribution in [0.4, 0.5) is 0 Å². The average molecular weight is 205 g/mol. The summed E-state index contributed by atoms with van der Waals surface area (Å²) in [5.41, 5.74) is 5.98. The van der Waals surface area contributed by atoms with E-state index in [4.69, 9.17) is 5.73 Å². The monoisotopic (exact) mass is 205 g/mol. The molecule has 2 N–H and O–H groups in total. The van der Waals surface area contributed by atoms with Crippen molar-refractivity contribution >= 4 is 17.2 Å². The van der Waals surface area contributed by atoms with Crippen LogP contribution in [0.2, 0.25) is 0 Å². The zero-order valence-corrected chi connectivity index (χ0v) is 7.99. The van der Waals surface area contributed by atoms with Crippen LogP contribution in [0, 0.1) is 0 Å². The van der Waals surface area contributed by atoms with Gasteiger partial charge in [0.05, 0.1) is 23.0 Å². The van der Waals surface area contributed by atoms with E-state index in [9.17, 15) is 4.79 Å². The number of rotatable bonds is 2. The van der Waals surface area contributed by atoms with Crippen LogP contribution >= 0.6 is 11.3 Å². The second kappa shape index (κ2) is 3.55. The maximum absolute atomic E-state index is 10.7. The second-order valence-corrected chi connectivity index (χ2v) is 3.58. The molecule has 2 heterocycles. The average Bonchev–Trinajstić information content (AvgIpc) is 2.71. The van der Waals surface area contributed by atoms with E-state index in [0.717, 1.165) is 10.6 Å². The van der Waals surface area contributed by atoms with Crippen LogP contribution in [0.5, 0.6) is 0 Å². The first-order valence-corrected chi connectivity index (χ1v) is 4.81. The Labute approximate surface area is 84.4 Å². The topological polar surface area (TPSA) is 68.9 Å². The molecular weight excluding hydrogens is 198 g/mol. The molecule has 2 aromatic heterocycles. The molecule has 0 saturated heterocycles. The van der Waals surface area contributed by atoms with E-state index >= 15 is 0 Å². The summed E-state index contributed by atoms with van der Waals surface area (Å²) in [4.78, 5) is 19.7. The summed E-state index contributed by atoms with van der Waals surface area (Å²) >= 11 is 1.57. The van der Waals surface area contributed by atoms with Crippen LogP contribution < -0.4 is 5.73 Å². The van der Waals surface area contributed by atoms with E-state index in [1.165, 1.54) is 6.20 Å². The predicted molar refractivity (Wildman–Crippen MR) is 53.9 cm³/mol. The molecule has 70 valence electrons. The number of hydrogen-bond acceptors (Lipinski definition) is 4. The third kappa shape index (κ3) is 1.62. The molecule has 0 bridgehead atoms. The van der Waals surface area contributed by atoms with E-state index in [-0.39, 0.29) is 5.69 Å². The largest absolute Gasteiger partial charge is 0.364 e. The summed E-state index contributed by atoms with van der Waals surface area (Å²) in [7, 11) is 0. The number of aromatic nitrogens is 2. The number of amides is 1. The highest BCUT2D eigenvalue weighted by Gasteiger charge is 2.04. The number of carbonyl (C=O) groups excluding carboxylic acids is 1. The normalized spacial score (nSPS) is 10.0. The molecule has 0 saturated carbocycles. The van der Waals surface area contributed by atoms with Gasteiger partial charge >= 0.3 is 0 Å². The minimum absolute atomic E-state index is 0.185.